The minimum atomic E-state index is -0.242. The number of anilines is 1. The highest BCUT2D eigenvalue weighted by molar-refractivity contribution is 5.59. The average molecular weight is 191 g/mol. The lowest BCUT2D eigenvalue weighted by atomic mass is 10.2. The molecule has 3 heteroatoms. The molecule has 0 amide bonds. The zero-order valence-electron chi connectivity index (χ0n) is 7.75. The van der Waals surface area contributed by atoms with Crippen LogP contribution in [0.25, 0.3) is 11.3 Å². The van der Waals surface area contributed by atoms with Gasteiger partial charge in [-0.3, -0.25) is 0 Å². The Hall–Kier alpha value is -1.77. The Bertz CT molecular complexity index is 419. The summed E-state index contributed by atoms with van der Waals surface area (Å²) in [7, 11) is 1.78. The molecular formula is C11H10FNO. The van der Waals surface area contributed by atoms with Crippen molar-refractivity contribution < 1.29 is 8.81 Å². The van der Waals surface area contributed by atoms with Gasteiger partial charge in [-0.15, -0.1) is 0 Å². The first kappa shape index (κ1) is 8.81. The lowest BCUT2D eigenvalue weighted by molar-refractivity contribution is 0.597. The number of hydrogen-bond donors (Lipinski definition) is 1. The lowest BCUT2D eigenvalue weighted by Crippen LogP contribution is -1.82. The van der Waals surface area contributed by atoms with Gasteiger partial charge in [0.05, 0.1) is 0 Å². The van der Waals surface area contributed by atoms with Crippen molar-refractivity contribution in [2.75, 3.05) is 12.4 Å². The van der Waals surface area contributed by atoms with Crippen molar-refractivity contribution in [1.29, 1.82) is 0 Å². The van der Waals surface area contributed by atoms with E-state index < -0.39 is 0 Å². The second-order valence-electron chi connectivity index (χ2n) is 2.92. The van der Waals surface area contributed by atoms with Gasteiger partial charge in [0.1, 0.15) is 11.6 Å². The largest absolute Gasteiger partial charge is 0.441 e. The van der Waals surface area contributed by atoms with Gasteiger partial charge in [-0.25, -0.2) is 4.39 Å². The Morgan fingerprint density at radius 1 is 1.07 bits per heavy atom. The van der Waals surface area contributed by atoms with Crippen molar-refractivity contribution in [3.8, 4) is 11.3 Å². The molecule has 0 spiro atoms. The summed E-state index contributed by atoms with van der Waals surface area (Å²) < 4.78 is 18.1. The molecule has 72 valence electrons. The second-order valence-corrected chi connectivity index (χ2v) is 2.92. The van der Waals surface area contributed by atoms with Crippen LogP contribution in [0, 0.1) is 5.82 Å². The maximum absolute atomic E-state index is 12.6. The van der Waals surface area contributed by atoms with Crippen LogP contribution in [0.5, 0.6) is 0 Å². The molecule has 1 aromatic heterocycles. The fourth-order valence-electron chi connectivity index (χ4n) is 1.24. The lowest BCUT2D eigenvalue weighted by Gasteiger charge is -1.96. The minimum absolute atomic E-state index is 0.242. The van der Waals surface area contributed by atoms with Gasteiger partial charge < -0.3 is 9.73 Å². The fourth-order valence-corrected chi connectivity index (χ4v) is 1.24. The first-order valence-corrected chi connectivity index (χ1v) is 4.33. The number of halogens is 1. The van der Waals surface area contributed by atoms with Crippen LogP contribution in [0.4, 0.5) is 10.3 Å². The smallest absolute Gasteiger partial charge is 0.193 e. The van der Waals surface area contributed by atoms with E-state index in [2.05, 4.69) is 5.32 Å². The molecule has 0 atom stereocenters. The Kier molecular flexibility index (Phi) is 2.23. The van der Waals surface area contributed by atoms with E-state index in [9.17, 15) is 4.39 Å². The molecular weight excluding hydrogens is 181 g/mol. The topological polar surface area (TPSA) is 25.2 Å². The standard InChI is InChI=1S/C11H10FNO/c1-13-11-7-6-10(14-11)8-2-4-9(12)5-3-8/h2-7,13H,1H3. The monoisotopic (exact) mass is 191 g/mol. The van der Waals surface area contributed by atoms with Crippen LogP contribution in [0.2, 0.25) is 0 Å². The summed E-state index contributed by atoms with van der Waals surface area (Å²) in [5.41, 5.74) is 0.868. The summed E-state index contributed by atoms with van der Waals surface area (Å²) in [4.78, 5) is 0. The maximum atomic E-state index is 12.6. The molecule has 0 bridgehead atoms. The SMILES string of the molecule is CNc1ccc(-c2ccc(F)cc2)o1. The normalized spacial score (nSPS) is 10.1. The molecule has 0 aliphatic rings. The van der Waals surface area contributed by atoms with Crippen molar-refractivity contribution in [1.82, 2.24) is 0 Å². The van der Waals surface area contributed by atoms with Crippen LogP contribution >= 0.6 is 0 Å². The van der Waals surface area contributed by atoms with Crippen LogP contribution in [0.15, 0.2) is 40.8 Å². The third-order valence-electron chi connectivity index (χ3n) is 1.98. The molecule has 1 heterocycles. The van der Waals surface area contributed by atoms with E-state index in [1.54, 1.807) is 19.2 Å². The van der Waals surface area contributed by atoms with Gasteiger partial charge in [-0.05, 0) is 30.3 Å². The van der Waals surface area contributed by atoms with Gasteiger partial charge in [0.15, 0.2) is 5.88 Å². The van der Waals surface area contributed by atoms with Crippen LogP contribution in [0.3, 0.4) is 0 Å². The molecule has 0 unspecified atom stereocenters. The van der Waals surface area contributed by atoms with Crippen LogP contribution in [-0.2, 0) is 0 Å². The highest BCUT2D eigenvalue weighted by atomic mass is 19.1. The van der Waals surface area contributed by atoms with Gasteiger partial charge in [0.25, 0.3) is 0 Å². The van der Waals surface area contributed by atoms with E-state index in [0.29, 0.717) is 5.88 Å². The fraction of sp³-hybridized carbons (Fsp3) is 0.0909. The quantitative estimate of drug-likeness (QED) is 0.788. The van der Waals surface area contributed by atoms with E-state index in [4.69, 9.17) is 4.42 Å². The average Bonchev–Trinajstić information content (AvgIpc) is 2.67. The molecule has 0 saturated heterocycles. The van der Waals surface area contributed by atoms with Gasteiger partial charge in [-0.1, -0.05) is 0 Å². The molecule has 14 heavy (non-hydrogen) atoms. The molecule has 2 rings (SSSR count). The predicted octanol–water partition coefficient (Wildman–Crippen LogP) is 3.13. The zero-order valence-corrected chi connectivity index (χ0v) is 7.75. The zero-order chi connectivity index (χ0) is 9.97. The summed E-state index contributed by atoms with van der Waals surface area (Å²) in [6, 6.07) is 9.88. The van der Waals surface area contributed by atoms with E-state index in [1.807, 2.05) is 12.1 Å². The number of rotatable bonds is 2. The molecule has 0 aliphatic carbocycles. The first-order chi connectivity index (χ1) is 6.79. The number of benzene rings is 1. The van der Waals surface area contributed by atoms with E-state index in [-0.39, 0.29) is 5.82 Å². The molecule has 1 aromatic carbocycles. The second kappa shape index (κ2) is 3.54. The Labute approximate surface area is 81.4 Å². The van der Waals surface area contributed by atoms with Crippen molar-refractivity contribution in [2.24, 2.45) is 0 Å². The molecule has 1 N–H and O–H groups in total. The van der Waals surface area contributed by atoms with Crippen molar-refractivity contribution in [3.05, 3.63) is 42.2 Å². The Morgan fingerprint density at radius 3 is 2.36 bits per heavy atom. The third kappa shape index (κ3) is 1.62. The third-order valence-corrected chi connectivity index (χ3v) is 1.98. The van der Waals surface area contributed by atoms with Gasteiger partial charge in [0.2, 0.25) is 0 Å². The van der Waals surface area contributed by atoms with Crippen LogP contribution < -0.4 is 5.32 Å². The first-order valence-electron chi connectivity index (χ1n) is 4.33. The molecule has 2 aromatic rings. The molecule has 2 nitrogen and oxygen atoms in total. The summed E-state index contributed by atoms with van der Waals surface area (Å²) in [6.45, 7) is 0. The van der Waals surface area contributed by atoms with Crippen molar-refractivity contribution in [2.45, 2.75) is 0 Å². The molecule has 0 fully saturated rings. The number of nitrogens with one attached hydrogen (secondary N) is 1. The number of hydrogen-bond acceptors (Lipinski definition) is 2. The van der Waals surface area contributed by atoms with Crippen molar-refractivity contribution >= 4 is 5.88 Å². The Morgan fingerprint density at radius 2 is 1.79 bits per heavy atom. The maximum Gasteiger partial charge on any atom is 0.193 e. The number of furan rings is 1. The molecule has 0 radical (unpaired) electrons. The molecule has 0 saturated carbocycles. The highest BCUT2D eigenvalue weighted by Crippen LogP contribution is 2.24. The van der Waals surface area contributed by atoms with E-state index in [0.717, 1.165) is 11.3 Å². The minimum Gasteiger partial charge on any atom is -0.441 e. The van der Waals surface area contributed by atoms with E-state index in [1.165, 1.54) is 12.1 Å². The van der Waals surface area contributed by atoms with Crippen molar-refractivity contribution in [3.63, 3.8) is 0 Å². The molecule has 0 aliphatic heterocycles. The summed E-state index contributed by atoms with van der Waals surface area (Å²) >= 11 is 0. The summed E-state index contributed by atoms with van der Waals surface area (Å²) in [6.07, 6.45) is 0. The summed E-state index contributed by atoms with van der Waals surface area (Å²) in [5, 5.41) is 2.89. The Balaban J connectivity index is 2.34. The predicted molar refractivity (Wildman–Crippen MR) is 53.6 cm³/mol. The van der Waals surface area contributed by atoms with E-state index >= 15 is 0 Å². The highest BCUT2D eigenvalue weighted by Gasteiger charge is 2.02. The van der Waals surface area contributed by atoms with Gasteiger partial charge >= 0.3 is 0 Å². The van der Waals surface area contributed by atoms with Gasteiger partial charge in [-0.2, -0.15) is 0 Å². The summed E-state index contributed by atoms with van der Waals surface area (Å²) in [5.74, 6) is 1.19. The van der Waals surface area contributed by atoms with Crippen LogP contribution in [-0.4, -0.2) is 7.05 Å². The van der Waals surface area contributed by atoms with Crippen LogP contribution in [0.1, 0.15) is 0 Å². The van der Waals surface area contributed by atoms with Gasteiger partial charge in [0, 0.05) is 18.7 Å².